The predicted molar refractivity (Wildman–Crippen MR) is 113 cm³/mol. The van der Waals surface area contributed by atoms with Crippen LogP contribution >= 0.6 is 11.6 Å². The summed E-state index contributed by atoms with van der Waals surface area (Å²) in [5.74, 6) is -0.0554. The summed E-state index contributed by atoms with van der Waals surface area (Å²) >= 11 is 5.95. The van der Waals surface area contributed by atoms with Gasteiger partial charge in [0.05, 0.1) is 11.3 Å². The van der Waals surface area contributed by atoms with Crippen LogP contribution in [0.1, 0.15) is 67.6 Å². The number of rotatable bonds is 9. The van der Waals surface area contributed by atoms with Gasteiger partial charge in [0, 0.05) is 18.6 Å². The molecule has 6 heteroatoms. The number of amides is 1. The zero-order valence-electron chi connectivity index (χ0n) is 17.3. The first-order valence-electron chi connectivity index (χ1n) is 10.3. The van der Waals surface area contributed by atoms with Crippen LogP contribution in [0.4, 0.5) is 0 Å². The Hall–Kier alpha value is -1.17. The Morgan fingerprint density at radius 1 is 1.33 bits per heavy atom. The van der Waals surface area contributed by atoms with Gasteiger partial charge < -0.3 is 15.5 Å². The average molecular weight is 395 g/mol. The van der Waals surface area contributed by atoms with Crippen molar-refractivity contribution in [3.8, 4) is 0 Å². The quantitative estimate of drug-likeness (QED) is 0.495. The highest BCUT2D eigenvalue weighted by Gasteiger charge is 2.22. The maximum atomic E-state index is 12.5. The molecule has 0 saturated carbocycles. The minimum absolute atomic E-state index is 0.0554. The lowest BCUT2D eigenvalue weighted by molar-refractivity contribution is 0.0943. The fourth-order valence-electron chi connectivity index (χ4n) is 3.82. The molecule has 2 N–H and O–H groups in total. The molecule has 2 rings (SSSR count). The van der Waals surface area contributed by atoms with E-state index in [9.17, 15) is 4.79 Å². The van der Waals surface area contributed by atoms with Crippen molar-refractivity contribution < 1.29 is 4.79 Å². The van der Waals surface area contributed by atoms with Crippen LogP contribution in [0.5, 0.6) is 0 Å². The van der Waals surface area contributed by atoms with E-state index in [-0.39, 0.29) is 5.91 Å². The monoisotopic (exact) mass is 394 g/mol. The van der Waals surface area contributed by atoms with Gasteiger partial charge in [-0.15, -0.1) is 0 Å². The van der Waals surface area contributed by atoms with Gasteiger partial charge in [0.2, 0.25) is 0 Å². The van der Waals surface area contributed by atoms with E-state index in [1.165, 1.54) is 25.7 Å². The molecule has 1 aromatic heterocycles. The number of carbonyl (C=O) groups excluding carboxylic acids is 1. The number of piperidine rings is 1. The van der Waals surface area contributed by atoms with Gasteiger partial charge in [0.1, 0.15) is 5.15 Å². The molecular weight excluding hydrogens is 360 g/mol. The summed E-state index contributed by atoms with van der Waals surface area (Å²) in [4.78, 5) is 19.2. The number of unbranched alkanes of at least 4 members (excludes halogenated alkanes) is 1. The summed E-state index contributed by atoms with van der Waals surface area (Å²) in [6.07, 6.45) is 5.90. The Kier molecular flexibility index (Phi) is 9.00. The molecule has 1 unspecified atom stereocenters. The van der Waals surface area contributed by atoms with Gasteiger partial charge in [-0.3, -0.25) is 4.79 Å². The highest BCUT2D eigenvalue weighted by atomic mass is 35.5. The maximum absolute atomic E-state index is 12.5. The van der Waals surface area contributed by atoms with Crippen LogP contribution in [0.15, 0.2) is 6.07 Å². The summed E-state index contributed by atoms with van der Waals surface area (Å²) < 4.78 is 0. The molecule has 1 aliphatic rings. The summed E-state index contributed by atoms with van der Waals surface area (Å²) in [5.41, 5.74) is 2.20. The van der Waals surface area contributed by atoms with Crippen LogP contribution in [0.2, 0.25) is 5.15 Å². The van der Waals surface area contributed by atoms with Crippen LogP contribution in [0, 0.1) is 13.8 Å². The van der Waals surface area contributed by atoms with Crippen LogP contribution in [-0.4, -0.2) is 54.1 Å². The van der Waals surface area contributed by atoms with E-state index in [4.69, 9.17) is 11.6 Å². The molecule has 0 aliphatic carbocycles. The summed E-state index contributed by atoms with van der Waals surface area (Å²) in [6, 6.07) is 2.89. The van der Waals surface area contributed by atoms with Gasteiger partial charge in [0.25, 0.3) is 5.91 Å². The van der Waals surface area contributed by atoms with Crippen molar-refractivity contribution in [2.24, 2.45) is 0 Å². The Morgan fingerprint density at radius 3 is 2.67 bits per heavy atom. The highest BCUT2D eigenvalue weighted by Crippen LogP contribution is 2.17. The van der Waals surface area contributed by atoms with E-state index in [0.29, 0.717) is 35.0 Å². The molecular formula is C21H35ClN4O. The molecule has 1 aromatic rings. The predicted octanol–water partition coefficient (Wildman–Crippen LogP) is 3.71. The molecule has 1 atom stereocenters. The fraction of sp³-hybridized carbons (Fsp3) is 0.714. The zero-order chi connectivity index (χ0) is 19.8. The number of halogens is 1. The first-order chi connectivity index (χ1) is 12.9. The van der Waals surface area contributed by atoms with Crippen LogP contribution < -0.4 is 10.6 Å². The average Bonchev–Trinajstić information content (AvgIpc) is 2.61. The number of hydrogen-bond donors (Lipinski definition) is 2. The first kappa shape index (κ1) is 22.1. The van der Waals surface area contributed by atoms with E-state index >= 15 is 0 Å². The van der Waals surface area contributed by atoms with E-state index in [0.717, 1.165) is 31.6 Å². The number of hydrogen-bond acceptors (Lipinski definition) is 4. The van der Waals surface area contributed by atoms with Gasteiger partial charge in [0.15, 0.2) is 0 Å². The molecule has 27 heavy (non-hydrogen) atoms. The lowest BCUT2D eigenvalue weighted by Crippen LogP contribution is -2.46. The van der Waals surface area contributed by atoms with Crippen molar-refractivity contribution >= 4 is 17.5 Å². The molecule has 1 fully saturated rings. The number of nitrogens with one attached hydrogen (secondary N) is 2. The SMILES string of the molecule is CCCCNC1CCN(C(C)CCNC(=O)c2c(C)cc(Cl)nc2C)CC1. The van der Waals surface area contributed by atoms with E-state index < -0.39 is 0 Å². The van der Waals surface area contributed by atoms with E-state index in [2.05, 4.69) is 34.4 Å². The Morgan fingerprint density at radius 2 is 2.04 bits per heavy atom. The molecule has 152 valence electrons. The van der Waals surface area contributed by atoms with Crippen molar-refractivity contribution in [3.05, 3.63) is 28.0 Å². The van der Waals surface area contributed by atoms with Crippen molar-refractivity contribution in [3.63, 3.8) is 0 Å². The molecule has 1 saturated heterocycles. The van der Waals surface area contributed by atoms with Gasteiger partial charge in [-0.2, -0.15) is 0 Å². The third-order valence-corrected chi connectivity index (χ3v) is 5.75. The van der Waals surface area contributed by atoms with Gasteiger partial charge in [-0.25, -0.2) is 4.98 Å². The molecule has 1 aliphatic heterocycles. The van der Waals surface area contributed by atoms with Gasteiger partial charge in [-0.1, -0.05) is 24.9 Å². The largest absolute Gasteiger partial charge is 0.352 e. The minimum Gasteiger partial charge on any atom is -0.352 e. The Balaban J connectivity index is 1.72. The summed E-state index contributed by atoms with van der Waals surface area (Å²) in [6.45, 7) is 12.3. The molecule has 5 nitrogen and oxygen atoms in total. The van der Waals surface area contributed by atoms with Crippen molar-refractivity contribution in [1.29, 1.82) is 0 Å². The molecule has 2 heterocycles. The second-order valence-corrected chi connectivity index (χ2v) is 8.12. The third-order valence-electron chi connectivity index (χ3n) is 5.56. The maximum Gasteiger partial charge on any atom is 0.253 e. The normalized spacial score (nSPS) is 17.1. The van der Waals surface area contributed by atoms with Crippen LogP contribution in [-0.2, 0) is 0 Å². The van der Waals surface area contributed by atoms with Crippen LogP contribution in [0.25, 0.3) is 0 Å². The fourth-order valence-corrected chi connectivity index (χ4v) is 4.11. The van der Waals surface area contributed by atoms with Crippen molar-refractivity contribution in [2.45, 2.75) is 71.9 Å². The number of aromatic nitrogens is 1. The van der Waals surface area contributed by atoms with E-state index in [1.807, 2.05) is 13.8 Å². The third kappa shape index (κ3) is 6.74. The number of likely N-dealkylation sites (tertiary alicyclic amines) is 1. The zero-order valence-corrected chi connectivity index (χ0v) is 18.0. The smallest absolute Gasteiger partial charge is 0.253 e. The number of nitrogens with zero attached hydrogens (tertiary/aromatic N) is 2. The topological polar surface area (TPSA) is 57.3 Å². The van der Waals surface area contributed by atoms with Gasteiger partial charge >= 0.3 is 0 Å². The Labute approximate surface area is 169 Å². The van der Waals surface area contributed by atoms with Crippen LogP contribution in [0.3, 0.4) is 0 Å². The van der Waals surface area contributed by atoms with E-state index in [1.54, 1.807) is 6.07 Å². The minimum atomic E-state index is -0.0554. The summed E-state index contributed by atoms with van der Waals surface area (Å²) in [5, 5.41) is 7.16. The standard InChI is InChI=1S/C21H35ClN4O/c1-5-6-10-23-18-8-12-26(13-9-18)16(3)7-11-24-21(27)20-15(2)14-19(22)25-17(20)4/h14,16,18,23H,5-13H2,1-4H3,(H,24,27). The molecule has 0 bridgehead atoms. The molecule has 0 radical (unpaired) electrons. The number of aryl methyl sites for hydroxylation is 2. The second kappa shape index (κ2) is 11.0. The Bertz CT molecular complexity index is 591. The lowest BCUT2D eigenvalue weighted by Gasteiger charge is -2.36. The summed E-state index contributed by atoms with van der Waals surface area (Å²) in [7, 11) is 0. The first-order valence-corrected chi connectivity index (χ1v) is 10.7. The van der Waals surface area contributed by atoms with Crippen molar-refractivity contribution in [1.82, 2.24) is 20.5 Å². The lowest BCUT2D eigenvalue weighted by atomic mass is 10.0. The number of pyridine rings is 1. The van der Waals surface area contributed by atoms with Crippen molar-refractivity contribution in [2.75, 3.05) is 26.2 Å². The molecule has 1 amide bonds. The number of carbonyl (C=O) groups is 1. The molecule has 0 spiro atoms. The van der Waals surface area contributed by atoms with Gasteiger partial charge in [-0.05, 0) is 77.7 Å². The highest BCUT2D eigenvalue weighted by molar-refractivity contribution is 6.29. The molecule has 0 aromatic carbocycles. The second-order valence-electron chi connectivity index (χ2n) is 7.73.